The van der Waals surface area contributed by atoms with Crippen LogP contribution in [0, 0.1) is 5.82 Å². The highest BCUT2D eigenvalue weighted by atomic mass is 79.9. The van der Waals surface area contributed by atoms with Gasteiger partial charge in [-0.2, -0.15) is 0 Å². The number of imide groups is 1. The van der Waals surface area contributed by atoms with E-state index in [1.54, 1.807) is 23.1 Å². The molecule has 0 aliphatic carbocycles. The number of morpholine rings is 1. The zero-order valence-electron chi connectivity index (χ0n) is 18.6. The number of fused-ring (bicyclic) bond motifs is 1. The lowest BCUT2D eigenvalue weighted by Crippen LogP contribution is -2.46. The van der Waals surface area contributed by atoms with E-state index >= 15 is 0 Å². The van der Waals surface area contributed by atoms with Crippen molar-refractivity contribution < 1.29 is 23.5 Å². The van der Waals surface area contributed by atoms with E-state index < -0.39 is 11.1 Å². The summed E-state index contributed by atoms with van der Waals surface area (Å²) in [4.78, 5) is 41.1. The van der Waals surface area contributed by atoms with Crippen molar-refractivity contribution in [2.24, 2.45) is 0 Å². The fraction of sp³-hybridized carbons (Fsp3) is 0.240. The highest BCUT2D eigenvalue weighted by Gasteiger charge is 2.37. The molecule has 10 heteroatoms. The molecule has 3 heterocycles. The Morgan fingerprint density at radius 1 is 1.11 bits per heavy atom. The van der Waals surface area contributed by atoms with Gasteiger partial charge in [0.15, 0.2) is 0 Å². The molecule has 35 heavy (non-hydrogen) atoms. The molecule has 0 atom stereocenters. The van der Waals surface area contributed by atoms with E-state index in [0.717, 1.165) is 43.2 Å². The van der Waals surface area contributed by atoms with Crippen LogP contribution in [0.4, 0.5) is 9.18 Å². The third kappa shape index (κ3) is 5.05. The fourth-order valence-electron chi connectivity index (χ4n) is 4.15. The molecule has 3 aromatic rings. The Kier molecular flexibility index (Phi) is 6.77. The van der Waals surface area contributed by atoms with Crippen molar-refractivity contribution in [3.8, 4) is 0 Å². The molecule has 0 radical (unpaired) electrons. The molecular weight excluding hydrogens is 537 g/mol. The SMILES string of the molecule is O=C(CN1C(=O)S/C(=C\c2cn(Cc3ccc(F)cc3)c3ccc(Br)cc23)C1=O)N1CCOCC1. The van der Waals surface area contributed by atoms with Crippen molar-refractivity contribution in [2.45, 2.75) is 6.54 Å². The molecule has 0 N–H and O–H groups in total. The van der Waals surface area contributed by atoms with Gasteiger partial charge in [0.25, 0.3) is 11.1 Å². The van der Waals surface area contributed by atoms with Crippen LogP contribution >= 0.6 is 27.7 Å². The standard InChI is InChI=1S/C25H21BrFN3O4S/c26-18-3-6-21-20(12-18)17(14-29(21)13-16-1-4-19(27)5-2-16)11-22-24(32)30(25(33)35-22)15-23(31)28-7-9-34-10-8-28/h1-6,11-12,14H,7-10,13,15H2/b22-11-. The Morgan fingerprint density at radius 3 is 2.60 bits per heavy atom. The number of thioether (sulfide) groups is 1. The maximum atomic E-state index is 13.3. The number of hydrogen-bond donors (Lipinski definition) is 0. The first kappa shape index (κ1) is 23.8. The summed E-state index contributed by atoms with van der Waals surface area (Å²) in [5.74, 6) is -1.04. The molecule has 0 bridgehead atoms. The molecule has 1 aromatic heterocycles. The molecule has 3 amide bonds. The Bertz CT molecular complexity index is 1350. The quantitative estimate of drug-likeness (QED) is 0.432. The first-order chi connectivity index (χ1) is 16.9. The molecule has 7 nitrogen and oxygen atoms in total. The Hall–Kier alpha value is -2.95. The van der Waals surface area contributed by atoms with Crippen molar-refractivity contribution in [3.05, 3.63) is 75.0 Å². The van der Waals surface area contributed by atoms with Gasteiger partial charge in [-0.05, 0) is 53.7 Å². The number of amides is 3. The molecular formula is C25H21BrFN3O4S. The molecule has 2 fully saturated rings. The third-order valence-electron chi connectivity index (χ3n) is 5.96. The van der Waals surface area contributed by atoms with Gasteiger partial charge in [0.05, 0.1) is 18.1 Å². The minimum Gasteiger partial charge on any atom is -0.378 e. The van der Waals surface area contributed by atoms with Crippen LogP contribution < -0.4 is 0 Å². The van der Waals surface area contributed by atoms with Gasteiger partial charge >= 0.3 is 0 Å². The second-order valence-electron chi connectivity index (χ2n) is 8.26. The molecule has 2 aliphatic heterocycles. The van der Waals surface area contributed by atoms with Gasteiger partial charge < -0.3 is 14.2 Å². The lowest BCUT2D eigenvalue weighted by molar-refractivity contribution is -0.139. The Balaban J connectivity index is 1.42. The van der Waals surface area contributed by atoms with Crippen LogP contribution in [0.2, 0.25) is 0 Å². The van der Waals surface area contributed by atoms with Gasteiger partial charge in [-0.3, -0.25) is 19.3 Å². The topological polar surface area (TPSA) is 71.9 Å². The number of aromatic nitrogens is 1. The van der Waals surface area contributed by atoms with Gasteiger partial charge in [-0.1, -0.05) is 28.1 Å². The molecule has 2 aliphatic rings. The smallest absolute Gasteiger partial charge is 0.294 e. The van der Waals surface area contributed by atoms with E-state index in [1.807, 2.05) is 29.0 Å². The number of hydrogen-bond acceptors (Lipinski definition) is 5. The summed E-state index contributed by atoms with van der Waals surface area (Å²) in [5.41, 5.74) is 2.64. The largest absolute Gasteiger partial charge is 0.378 e. The van der Waals surface area contributed by atoms with Crippen molar-refractivity contribution >= 4 is 61.7 Å². The van der Waals surface area contributed by atoms with Crippen molar-refractivity contribution in [2.75, 3.05) is 32.8 Å². The lowest BCUT2D eigenvalue weighted by Gasteiger charge is -2.28. The Morgan fingerprint density at radius 2 is 1.86 bits per heavy atom. The number of benzene rings is 2. The zero-order valence-corrected chi connectivity index (χ0v) is 21.0. The average molecular weight is 558 g/mol. The monoisotopic (exact) mass is 557 g/mol. The summed E-state index contributed by atoms with van der Waals surface area (Å²) in [7, 11) is 0. The maximum Gasteiger partial charge on any atom is 0.294 e. The fourth-order valence-corrected chi connectivity index (χ4v) is 5.35. The van der Waals surface area contributed by atoms with Gasteiger partial charge in [0.2, 0.25) is 5.91 Å². The molecule has 2 saturated heterocycles. The van der Waals surface area contributed by atoms with Gasteiger partial charge in [0, 0.05) is 46.8 Å². The molecule has 180 valence electrons. The van der Waals surface area contributed by atoms with Crippen molar-refractivity contribution in [1.29, 1.82) is 0 Å². The maximum absolute atomic E-state index is 13.3. The number of carbonyl (C=O) groups excluding carboxylic acids is 3. The molecule has 0 unspecified atom stereocenters. The average Bonchev–Trinajstić information content (AvgIpc) is 3.32. The van der Waals surface area contributed by atoms with Crippen LogP contribution in [0.1, 0.15) is 11.1 Å². The molecule has 5 rings (SSSR count). The van der Waals surface area contributed by atoms with Gasteiger partial charge in [0.1, 0.15) is 12.4 Å². The minimum atomic E-state index is -0.476. The number of rotatable bonds is 5. The second-order valence-corrected chi connectivity index (χ2v) is 10.2. The number of ether oxygens (including phenoxy) is 1. The normalized spacial score (nSPS) is 17.7. The predicted molar refractivity (Wildman–Crippen MR) is 135 cm³/mol. The van der Waals surface area contributed by atoms with Crippen LogP contribution in [0.15, 0.2) is 58.0 Å². The van der Waals surface area contributed by atoms with E-state index in [0.29, 0.717) is 32.8 Å². The molecule has 0 spiro atoms. The van der Waals surface area contributed by atoms with Crippen LogP contribution in [0.3, 0.4) is 0 Å². The predicted octanol–water partition coefficient (Wildman–Crippen LogP) is 4.49. The summed E-state index contributed by atoms with van der Waals surface area (Å²) >= 11 is 4.34. The summed E-state index contributed by atoms with van der Waals surface area (Å²) in [6, 6.07) is 12.2. The van der Waals surface area contributed by atoms with E-state index in [-0.39, 0.29) is 23.2 Å². The van der Waals surface area contributed by atoms with Gasteiger partial charge in [-0.15, -0.1) is 0 Å². The number of nitrogens with zero attached hydrogens (tertiary/aromatic N) is 3. The molecule has 0 saturated carbocycles. The first-order valence-electron chi connectivity index (χ1n) is 11.0. The van der Waals surface area contributed by atoms with Crippen LogP contribution in [-0.4, -0.2) is 64.3 Å². The van der Waals surface area contributed by atoms with Crippen LogP contribution in [-0.2, 0) is 20.9 Å². The summed E-state index contributed by atoms with van der Waals surface area (Å²) in [6.45, 7) is 2.04. The molecule has 2 aromatic carbocycles. The number of halogens is 2. The van der Waals surface area contributed by atoms with Crippen LogP contribution in [0.25, 0.3) is 17.0 Å². The van der Waals surface area contributed by atoms with E-state index in [2.05, 4.69) is 15.9 Å². The lowest BCUT2D eigenvalue weighted by atomic mass is 10.1. The van der Waals surface area contributed by atoms with E-state index in [1.165, 1.54) is 12.1 Å². The van der Waals surface area contributed by atoms with Crippen LogP contribution in [0.5, 0.6) is 0 Å². The summed E-state index contributed by atoms with van der Waals surface area (Å²) in [6.07, 6.45) is 3.60. The third-order valence-corrected chi connectivity index (χ3v) is 7.36. The second kappa shape index (κ2) is 9.96. The Labute approximate surface area is 213 Å². The first-order valence-corrected chi connectivity index (χ1v) is 12.6. The summed E-state index contributed by atoms with van der Waals surface area (Å²) < 4.78 is 21.5. The minimum absolute atomic E-state index is 0.267. The summed E-state index contributed by atoms with van der Waals surface area (Å²) in [5, 5.41) is 0.441. The van der Waals surface area contributed by atoms with Gasteiger partial charge in [-0.25, -0.2) is 4.39 Å². The highest BCUT2D eigenvalue weighted by molar-refractivity contribution is 9.10. The van der Waals surface area contributed by atoms with E-state index in [9.17, 15) is 18.8 Å². The highest BCUT2D eigenvalue weighted by Crippen LogP contribution is 2.35. The van der Waals surface area contributed by atoms with E-state index in [4.69, 9.17) is 4.74 Å². The van der Waals surface area contributed by atoms with Crippen molar-refractivity contribution in [3.63, 3.8) is 0 Å². The zero-order chi connectivity index (χ0) is 24.5. The van der Waals surface area contributed by atoms with Crippen molar-refractivity contribution in [1.82, 2.24) is 14.4 Å². The number of carbonyl (C=O) groups is 3.